The zero-order chi connectivity index (χ0) is 40.3. The van der Waals surface area contributed by atoms with Gasteiger partial charge in [-0.25, -0.2) is 0 Å². The third-order valence-corrected chi connectivity index (χ3v) is 10.1. The second-order valence-electron chi connectivity index (χ2n) is 15.7. The van der Waals surface area contributed by atoms with Gasteiger partial charge in [0.05, 0.1) is 40.0 Å². The Bertz CT molecular complexity index is 1020. The summed E-state index contributed by atoms with van der Waals surface area (Å²) in [6.45, 7) is 3.95. The molecule has 0 rings (SSSR count). The van der Waals surface area contributed by atoms with Crippen LogP contribution in [0, 0.1) is 0 Å². The number of unbranched alkanes of at least 4 members (excludes halogenated alkanes) is 16. The van der Waals surface area contributed by atoms with Gasteiger partial charge in [0.15, 0.2) is 6.10 Å². The highest BCUT2D eigenvalue weighted by Gasteiger charge is 2.22. The van der Waals surface area contributed by atoms with Crippen molar-refractivity contribution < 1.29 is 52.3 Å². The van der Waals surface area contributed by atoms with Gasteiger partial charge in [0.1, 0.15) is 19.8 Å². The molecule has 0 aromatic carbocycles. The smallest absolute Gasteiger partial charge is 0.306 e. The molecule has 12 heteroatoms. The Morgan fingerprint density at radius 3 is 1.76 bits per heavy atom. The number of phosphoric acid groups is 1. The summed E-state index contributed by atoms with van der Waals surface area (Å²) in [7, 11) is 1.06. The quantitative estimate of drug-likeness (QED) is 0.0204. The van der Waals surface area contributed by atoms with E-state index >= 15 is 0 Å². The number of allylic oxidation sites excluding steroid dienone is 3. The first-order valence-electron chi connectivity index (χ1n) is 21.2. The predicted octanol–water partition coefficient (Wildman–Crippen LogP) is 8.89. The van der Waals surface area contributed by atoms with Crippen molar-refractivity contribution in [2.45, 2.75) is 186 Å². The minimum Gasteiger partial charge on any atom is -0.756 e. The van der Waals surface area contributed by atoms with E-state index in [9.17, 15) is 29.3 Å². The number of rotatable bonds is 38. The van der Waals surface area contributed by atoms with E-state index in [0.717, 1.165) is 77.0 Å². The molecule has 0 aromatic rings. The number of likely N-dealkylation sites (N-methyl/N-ethyl adjacent to an activating group) is 1. The summed E-state index contributed by atoms with van der Waals surface area (Å²) < 4.78 is 33.7. The van der Waals surface area contributed by atoms with Crippen molar-refractivity contribution >= 4 is 19.8 Å². The maximum Gasteiger partial charge on any atom is 0.306 e. The van der Waals surface area contributed by atoms with Crippen molar-refractivity contribution in [2.75, 3.05) is 47.5 Å². The fraction of sp³-hybridized carbons (Fsp3) is 0.857. The Kier molecular flexibility index (Phi) is 33.6. The topological polar surface area (TPSA) is 152 Å². The van der Waals surface area contributed by atoms with Crippen LogP contribution in [-0.2, 0) is 32.7 Å². The van der Waals surface area contributed by atoms with Gasteiger partial charge in [-0.1, -0.05) is 115 Å². The number of hydrogen-bond donors (Lipinski definition) is 2. The van der Waals surface area contributed by atoms with Crippen LogP contribution in [0.25, 0.3) is 0 Å². The Morgan fingerprint density at radius 2 is 1.15 bits per heavy atom. The van der Waals surface area contributed by atoms with E-state index < -0.39 is 44.7 Å². The Labute approximate surface area is 329 Å². The van der Waals surface area contributed by atoms with Crippen LogP contribution in [0.1, 0.15) is 168 Å². The molecule has 11 nitrogen and oxygen atoms in total. The highest BCUT2D eigenvalue weighted by atomic mass is 31.2. The lowest BCUT2D eigenvalue weighted by atomic mass is 10.0. The molecule has 0 saturated heterocycles. The predicted molar refractivity (Wildman–Crippen MR) is 216 cm³/mol. The number of quaternary nitrogens is 1. The van der Waals surface area contributed by atoms with Crippen LogP contribution < -0.4 is 4.89 Å². The highest BCUT2D eigenvalue weighted by Crippen LogP contribution is 2.38. The monoisotopic (exact) mass is 790 g/mol. The van der Waals surface area contributed by atoms with Crippen molar-refractivity contribution in [1.82, 2.24) is 0 Å². The van der Waals surface area contributed by atoms with Gasteiger partial charge in [-0.2, -0.15) is 0 Å². The number of phosphoric ester groups is 1. The van der Waals surface area contributed by atoms with Crippen molar-refractivity contribution in [2.24, 2.45) is 0 Å². The molecule has 0 heterocycles. The van der Waals surface area contributed by atoms with Crippen LogP contribution in [-0.4, -0.2) is 92.5 Å². The van der Waals surface area contributed by atoms with Gasteiger partial charge in [-0.05, 0) is 64.2 Å². The van der Waals surface area contributed by atoms with Crippen molar-refractivity contribution in [1.29, 1.82) is 0 Å². The molecule has 4 atom stereocenters. The van der Waals surface area contributed by atoms with Crippen LogP contribution in [0.2, 0.25) is 0 Å². The van der Waals surface area contributed by atoms with Crippen molar-refractivity contribution in [3.63, 3.8) is 0 Å². The van der Waals surface area contributed by atoms with Crippen LogP contribution in [0.15, 0.2) is 24.3 Å². The number of aliphatic hydroxyl groups is 2. The molecule has 0 radical (unpaired) electrons. The zero-order valence-corrected chi connectivity index (χ0v) is 35.8. The molecule has 318 valence electrons. The summed E-state index contributed by atoms with van der Waals surface area (Å²) >= 11 is 0. The summed E-state index contributed by atoms with van der Waals surface area (Å²) in [6, 6.07) is 0. The lowest BCUT2D eigenvalue weighted by Crippen LogP contribution is -2.37. The second-order valence-corrected chi connectivity index (χ2v) is 17.1. The summed E-state index contributed by atoms with van der Waals surface area (Å²) in [6.07, 6.45) is 28.0. The van der Waals surface area contributed by atoms with Crippen LogP contribution >= 0.6 is 7.82 Å². The highest BCUT2D eigenvalue weighted by molar-refractivity contribution is 7.45. The Hall–Kier alpha value is -1.59. The van der Waals surface area contributed by atoms with Crippen LogP contribution in [0.4, 0.5) is 0 Å². The van der Waals surface area contributed by atoms with E-state index in [1.54, 1.807) is 0 Å². The van der Waals surface area contributed by atoms with E-state index in [-0.39, 0.29) is 26.1 Å². The lowest BCUT2D eigenvalue weighted by Gasteiger charge is -2.28. The second kappa shape index (κ2) is 34.6. The molecule has 0 fully saturated rings. The summed E-state index contributed by atoms with van der Waals surface area (Å²) in [5, 5.41) is 20.5. The maximum atomic E-state index is 12.7. The first-order valence-corrected chi connectivity index (χ1v) is 22.7. The van der Waals surface area contributed by atoms with E-state index in [2.05, 4.69) is 32.1 Å². The molecule has 0 saturated carbocycles. The van der Waals surface area contributed by atoms with Crippen molar-refractivity contribution in [3.05, 3.63) is 24.3 Å². The standard InChI is InChI=1S/C42H80NO10P/c1-6-8-10-12-14-15-16-17-18-19-20-24-28-32-41(46)50-36-38(37-52-54(48,49)51-35-34-43(3,4)5)53-42(47)33-29-25-21-23-27-31-40(45)39(44)30-26-22-13-11-9-7-2/h15-16,22,26,38-40,44-45H,6-14,17-21,23-25,27-37H2,1-5H3/b16-15-,26-22-/t38-,39+,40+/m1/s1. The Morgan fingerprint density at radius 1 is 0.648 bits per heavy atom. The first kappa shape index (κ1) is 52.4. The molecular formula is C42H80NO10P. The molecule has 0 aliphatic rings. The molecule has 0 spiro atoms. The van der Waals surface area contributed by atoms with Gasteiger partial charge in [0, 0.05) is 12.8 Å². The third kappa shape index (κ3) is 36.1. The normalized spacial score (nSPS) is 15.0. The number of ether oxygens (including phenoxy) is 2. The van der Waals surface area contributed by atoms with Gasteiger partial charge >= 0.3 is 11.9 Å². The number of hydrogen-bond acceptors (Lipinski definition) is 10. The van der Waals surface area contributed by atoms with Gasteiger partial charge in [0.25, 0.3) is 7.82 Å². The molecule has 0 amide bonds. The van der Waals surface area contributed by atoms with Crippen LogP contribution in [0.5, 0.6) is 0 Å². The van der Waals surface area contributed by atoms with Gasteiger partial charge in [-0.15, -0.1) is 0 Å². The van der Waals surface area contributed by atoms with Crippen molar-refractivity contribution in [3.8, 4) is 0 Å². The maximum absolute atomic E-state index is 12.7. The largest absolute Gasteiger partial charge is 0.756 e. The van der Waals surface area contributed by atoms with E-state index in [1.807, 2.05) is 27.2 Å². The molecule has 54 heavy (non-hydrogen) atoms. The summed E-state index contributed by atoms with van der Waals surface area (Å²) in [5.74, 6) is -0.956. The van der Waals surface area contributed by atoms with Gasteiger partial charge in [-0.3, -0.25) is 14.2 Å². The number of nitrogens with zero attached hydrogens (tertiary/aromatic N) is 1. The van der Waals surface area contributed by atoms with Gasteiger partial charge in [0.2, 0.25) is 0 Å². The molecule has 0 aliphatic carbocycles. The number of esters is 2. The average Bonchev–Trinajstić information content (AvgIpc) is 3.11. The lowest BCUT2D eigenvalue weighted by molar-refractivity contribution is -0.870. The number of carbonyl (C=O) groups is 2. The average molecular weight is 790 g/mol. The molecule has 1 unspecified atom stereocenters. The molecule has 0 bridgehead atoms. The number of carbonyl (C=O) groups excluding carboxylic acids is 2. The van der Waals surface area contributed by atoms with Gasteiger partial charge < -0.3 is 38.1 Å². The van der Waals surface area contributed by atoms with E-state index in [4.69, 9.17) is 18.5 Å². The third-order valence-electron chi connectivity index (χ3n) is 9.14. The fourth-order valence-corrected chi connectivity index (χ4v) is 6.34. The molecule has 2 N–H and O–H groups in total. The minimum absolute atomic E-state index is 0.0599. The first-order chi connectivity index (χ1) is 25.8. The SMILES string of the molecule is CCCCC/C=C\C[C@H](O)[C@@H](O)CCCCCCCC(=O)O[C@H](COC(=O)CCCCCCC/C=C\CCCCCC)COP(=O)([O-])OCC[N+](C)(C)C. The fourth-order valence-electron chi connectivity index (χ4n) is 5.61. The minimum atomic E-state index is -4.66. The Balaban J connectivity index is 4.52. The van der Waals surface area contributed by atoms with E-state index in [1.165, 1.54) is 38.5 Å². The summed E-state index contributed by atoms with van der Waals surface area (Å²) in [4.78, 5) is 37.5. The summed E-state index contributed by atoms with van der Waals surface area (Å²) in [5.41, 5.74) is 0. The zero-order valence-electron chi connectivity index (χ0n) is 34.9. The van der Waals surface area contributed by atoms with Crippen LogP contribution in [0.3, 0.4) is 0 Å². The molecule has 0 aromatic heterocycles. The molecular weight excluding hydrogens is 709 g/mol. The molecule has 0 aliphatic heterocycles. The number of aliphatic hydroxyl groups excluding tert-OH is 2. The van der Waals surface area contributed by atoms with E-state index in [0.29, 0.717) is 36.7 Å².